The molecule has 0 amide bonds. The smallest absolute Gasteiger partial charge is 0.123 e. The lowest BCUT2D eigenvalue weighted by Crippen LogP contribution is -1.98. The lowest BCUT2D eigenvalue weighted by atomic mass is 9.99. The number of para-hydroxylation sites is 1. The van der Waals surface area contributed by atoms with E-state index >= 15 is 0 Å². The summed E-state index contributed by atoms with van der Waals surface area (Å²) in [7, 11) is 0. The highest BCUT2D eigenvalue weighted by atomic mass is 14.8. The summed E-state index contributed by atoms with van der Waals surface area (Å²) in [5, 5.41) is 1.15. The molecular weight excluding hydrogens is 246 g/mol. The topological polar surface area (TPSA) is 51.8 Å². The highest BCUT2D eigenvalue weighted by molar-refractivity contribution is 5.94. The summed E-state index contributed by atoms with van der Waals surface area (Å²) in [6, 6.07) is 14.3. The normalized spacial score (nSPS) is 10.9. The molecule has 100 valence electrons. The first-order chi connectivity index (χ1) is 9.69. The zero-order chi connectivity index (χ0) is 14.1. The van der Waals surface area contributed by atoms with Crippen molar-refractivity contribution in [3.05, 3.63) is 53.9 Å². The first-order valence-corrected chi connectivity index (χ1v) is 6.81. The minimum atomic E-state index is 0.565. The largest absolute Gasteiger partial charge is 0.384 e. The Hall–Kier alpha value is -2.42. The summed E-state index contributed by atoms with van der Waals surface area (Å²) < 4.78 is 0. The van der Waals surface area contributed by atoms with Crippen molar-refractivity contribution in [2.75, 3.05) is 5.73 Å². The molecule has 2 aromatic heterocycles. The van der Waals surface area contributed by atoms with E-state index in [9.17, 15) is 0 Å². The number of hydrogen-bond donors (Lipinski definition) is 1. The molecule has 0 aliphatic carbocycles. The van der Waals surface area contributed by atoms with E-state index in [0.29, 0.717) is 5.82 Å². The third kappa shape index (κ3) is 2.11. The third-order valence-corrected chi connectivity index (χ3v) is 3.48. The van der Waals surface area contributed by atoms with Gasteiger partial charge in [-0.1, -0.05) is 31.2 Å². The number of aryl methyl sites for hydroxylation is 2. The maximum atomic E-state index is 5.79. The molecule has 2 N–H and O–H groups in total. The third-order valence-electron chi connectivity index (χ3n) is 3.48. The van der Waals surface area contributed by atoms with Gasteiger partial charge < -0.3 is 5.73 Å². The minimum Gasteiger partial charge on any atom is -0.384 e. The molecule has 3 rings (SSSR count). The molecular formula is C17H17N3. The quantitative estimate of drug-likeness (QED) is 0.766. The number of nitrogens with zero attached hydrogens (tertiary/aromatic N) is 2. The van der Waals surface area contributed by atoms with Gasteiger partial charge in [0.2, 0.25) is 0 Å². The highest BCUT2D eigenvalue weighted by Crippen LogP contribution is 2.30. The van der Waals surface area contributed by atoms with Crippen LogP contribution in [0.5, 0.6) is 0 Å². The zero-order valence-electron chi connectivity index (χ0n) is 11.7. The van der Waals surface area contributed by atoms with Gasteiger partial charge in [0.05, 0.1) is 11.2 Å². The van der Waals surface area contributed by atoms with Gasteiger partial charge in [-0.25, -0.2) is 4.98 Å². The Labute approximate surface area is 118 Å². The first-order valence-electron chi connectivity index (χ1n) is 6.81. The van der Waals surface area contributed by atoms with Gasteiger partial charge in [0.15, 0.2) is 0 Å². The fraction of sp³-hybridized carbons (Fsp3) is 0.176. The Morgan fingerprint density at radius 1 is 0.950 bits per heavy atom. The van der Waals surface area contributed by atoms with Gasteiger partial charge in [-0.2, -0.15) is 0 Å². The molecule has 20 heavy (non-hydrogen) atoms. The van der Waals surface area contributed by atoms with Crippen molar-refractivity contribution in [1.82, 2.24) is 9.97 Å². The van der Waals surface area contributed by atoms with Crippen LogP contribution in [-0.4, -0.2) is 9.97 Å². The van der Waals surface area contributed by atoms with Gasteiger partial charge in [-0.15, -0.1) is 0 Å². The van der Waals surface area contributed by atoms with E-state index in [2.05, 4.69) is 36.2 Å². The molecule has 3 nitrogen and oxygen atoms in total. The predicted molar refractivity (Wildman–Crippen MR) is 83.5 cm³/mol. The van der Waals surface area contributed by atoms with Crippen molar-refractivity contribution in [2.24, 2.45) is 0 Å². The number of rotatable bonds is 2. The standard InChI is InChI=1S/C17H17N3/c1-3-15-13(9-10-16(18)20-15)14-6-4-5-12-8-7-11(2)19-17(12)14/h4-10H,3H2,1-2H3,(H2,18,20). The van der Waals surface area contributed by atoms with E-state index in [4.69, 9.17) is 10.7 Å². The second-order valence-electron chi connectivity index (χ2n) is 4.91. The number of benzene rings is 1. The number of nitrogen functional groups attached to an aromatic ring is 1. The lowest BCUT2D eigenvalue weighted by Gasteiger charge is -2.11. The first kappa shape index (κ1) is 12.6. The summed E-state index contributed by atoms with van der Waals surface area (Å²) in [5.74, 6) is 0.565. The molecule has 0 atom stereocenters. The Balaban J connectivity index is 2.32. The van der Waals surface area contributed by atoms with Crippen LogP contribution >= 0.6 is 0 Å². The molecule has 3 aromatic rings. The van der Waals surface area contributed by atoms with Crippen molar-refractivity contribution in [3.8, 4) is 11.1 Å². The van der Waals surface area contributed by atoms with Crippen LogP contribution in [0.1, 0.15) is 18.3 Å². The number of fused-ring (bicyclic) bond motifs is 1. The average Bonchev–Trinajstić information content (AvgIpc) is 2.46. The van der Waals surface area contributed by atoms with Gasteiger partial charge >= 0.3 is 0 Å². The number of anilines is 1. The van der Waals surface area contributed by atoms with Gasteiger partial charge in [0.25, 0.3) is 0 Å². The summed E-state index contributed by atoms with van der Waals surface area (Å²) >= 11 is 0. The van der Waals surface area contributed by atoms with Gasteiger partial charge in [0, 0.05) is 22.2 Å². The molecule has 3 heteroatoms. The van der Waals surface area contributed by atoms with Crippen molar-refractivity contribution >= 4 is 16.7 Å². The van der Waals surface area contributed by atoms with Crippen LogP contribution in [0.25, 0.3) is 22.0 Å². The summed E-state index contributed by atoms with van der Waals surface area (Å²) in [4.78, 5) is 9.14. The second kappa shape index (κ2) is 4.93. The van der Waals surface area contributed by atoms with Gasteiger partial charge in [-0.05, 0) is 31.5 Å². The van der Waals surface area contributed by atoms with Crippen LogP contribution in [0.15, 0.2) is 42.5 Å². The summed E-state index contributed by atoms with van der Waals surface area (Å²) in [6.07, 6.45) is 0.850. The molecule has 0 radical (unpaired) electrons. The summed E-state index contributed by atoms with van der Waals surface area (Å²) in [5.41, 5.74) is 11.1. The number of aromatic nitrogens is 2. The monoisotopic (exact) mass is 263 g/mol. The Kier molecular flexibility index (Phi) is 3.11. The molecule has 1 aromatic carbocycles. The van der Waals surface area contributed by atoms with Crippen molar-refractivity contribution in [2.45, 2.75) is 20.3 Å². The van der Waals surface area contributed by atoms with E-state index in [1.807, 2.05) is 25.1 Å². The van der Waals surface area contributed by atoms with E-state index in [0.717, 1.165) is 39.8 Å². The van der Waals surface area contributed by atoms with Crippen LogP contribution in [0.2, 0.25) is 0 Å². The van der Waals surface area contributed by atoms with Crippen LogP contribution in [0, 0.1) is 6.92 Å². The molecule has 0 unspecified atom stereocenters. The average molecular weight is 263 g/mol. The Morgan fingerprint density at radius 2 is 1.80 bits per heavy atom. The van der Waals surface area contributed by atoms with E-state index < -0.39 is 0 Å². The van der Waals surface area contributed by atoms with Crippen LogP contribution in [0.3, 0.4) is 0 Å². The molecule has 0 aliphatic heterocycles. The van der Waals surface area contributed by atoms with E-state index in [-0.39, 0.29) is 0 Å². The van der Waals surface area contributed by atoms with Gasteiger partial charge in [-0.3, -0.25) is 4.98 Å². The fourth-order valence-corrected chi connectivity index (χ4v) is 2.49. The summed E-state index contributed by atoms with van der Waals surface area (Å²) in [6.45, 7) is 4.10. The van der Waals surface area contributed by atoms with Crippen LogP contribution < -0.4 is 5.73 Å². The van der Waals surface area contributed by atoms with Gasteiger partial charge in [0.1, 0.15) is 5.82 Å². The SMILES string of the molecule is CCc1nc(N)ccc1-c1cccc2ccc(C)nc12. The fourth-order valence-electron chi connectivity index (χ4n) is 2.49. The Bertz CT molecular complexity index is 778. The molecule has 0 fully saturated rings. The number of pyridine rings is 2. The molecule has 0 saturated heterocycles. The van der Waals surface area contributed by atoms with E-state index in [1.165, 1.54) is 0 Å². The van der Waals surface area contributed by atoms with Crippen molar-refractivity contribution in [3.63, 3.8) is 0 Å². The lowest BCUT2D eigenvalue weighted by molar-refractivity contribution is 1.04. The maximum Gasteiger partial charge on any atom is 0.123 e. The second-order valence-corrected chi connectivity index (χ2v) is 4.91. The maximum absolute atomic E-state index is 5.79. The predicted octanol–water partition coefficient (Wildman–Crippen LogP) is 3.75. The molecule has 0 bridgehead atoms. The van der Waals surface area contributed by atoms with E-state index in [1.54, 1.807) is 0 Å². The zero-order valence-corrected chi connectivity index (χ0v) is 11.7. The van der Waals surface area contributed by atoms with Crippen molar-refractivity contribution < 1.29 is 0 Å². The van der Waals surface area contributed by atoms with Crippen molar-refractivity contribution in [1.29, 1.82) is 0 Å². The highest BCUT2D eigenvalue weighted by Gasteiger charge is 2.10. The Morgan fingerprint density at radius 3 is 2.60 bits per heavy atom. The van der Waals surface area contributed by atoms with Crippen LogP contribution in [-0.2, 0) is 6.42 Å². The minimum absolute atomic E-state index is 0.565. The molecule has 0 saturated carbocycles. The molecule has 2 heterocycles. The number of nitrogens with two attached hydrogens (primary N) is 1. The number of hydrogen-bond acceptors (Lipinski definition) is 3. The molecule has 0 aliphatic rings. The van der Waals surface area contributed by atoms with Crippen LogP contribution in [0.4, 0.5) is 5.82 Å². The molecule has 0 spiro atoms.